The minimum Gasteiger partial charge on any atom is -0.542 e. The van der Waals surface area contributed by atoms with Crippen molar-refractivity contribution in [1.29, 1.82) is 0 Å². The zero-order valence-corrected chi connectivity index (χ0v) is 13.0. The van der Waals surface area contributed by atoms with Crippen molar-refractivity contribution >= 4 is 17.7 Å². The molecule has 26 heavy (non-hydrogen) atoms. The van der Waals surface area contributed by atoms with Gasteiger partial charge in [-0.3, -0.25) is 9.59 Å². The van der Waals surface area contributed by atoms with Gasteiger partial charge in [-0.15, -0.1) is 0 Å². The van der Waals surface area contributed by atoms with Crippen LogP contribution in [0.25, 0.3) is 11.4 Å². The molecule has 0 aliphatic rings. The molecular weight excluding hydrogens is 359 g/mol. The summed E-state index contributed by atoms with van der Waals surface area (Å²) in [4.78, 5) is 38.8. The van der Waals surface area contributed by atoms with E-state index in [4.69, 9.17) is 15.0 Å². The lowest BCUT2D eigenvalue weighted by atomic mass is 10.2. The van der Waals surface area contributed by atoms with E-state index in [1.54, 1.807) is 47.6 Å². The van der Waals surface area contributed by atoms with Crippen LogP contribution < -0.4 is 9.67 Å². The predicted molar refractivity (Wildman–Crippen MR) is 76.0 cm³/mol. The Morgan fingerprint density at radius 3 is 2.04 bits per heavy atom. The fourth-order valence-electron chi connectivity index (χ4n) is 1.59. The van der Waals surface area contributed by atoms with Gasteiger partial charge >= 0.3 is 12.1 Å². The summed E-state index contributed by atoms with van der Waals surface area (Å²) in [5, 5.41) is 17.3. The van der Waals surface area contributed by atoms with Crippen molar-refractivity contribution in [3.63, 3.8) is 0 Å². The molecule has 0 amide bonds. The molecule has 2 aromatic heterocycles. The molecule has 0 aliphatic heterocycles. The quantitative estimate of drug-likeness (QED) is 0.569. The average Bonchev–Trinajstić information content (AvgIpc) is 2.55. The molecular formula is C15H12F3N3O5. The Bertz CT molecular complexity index is 764. The Kier molecular flexibility index (Phi) is 7.32. The van der Waals surface area contributed by atoms with Gasteiger partial charge in [0.25, 0.3) is 0 Å². The first-order chi connectivity index (χ1) is 12.1. The van der Waals surface area contributed by atoms with Crippen molar-refractivity contribution in [3.05, 3.63) is 43.0 Å². The zero-order valence-electron chi connectivity index (χ0n) is 13.0. The second-order valence-corrected chi connectivity index (χ2v) is 4.73. The molecule has 0 saturated carbocycles. The predicted octanol–water partition coefficient (Wildman–Crippen LogP) is -0.227. The summed E-state index contributed by atoms with van der Waals surface area (Å²) in [7, 11) is 0. The number of alkyl halides is 3. The third-order valence-electron chi connectivity index (χ3n) is 2.65. The molecule has 2 heterocycles. The Hall–Kier alpha value is -3.37. The van der Waals surface area contributed by atoms with E-state index in [1.165, 1.54) is 0 Å². The van der Waals surface area contributed by atoms with Gasteiger partial charge in [0.05, 0.1) is 0 Å². The maximum atomic E-state index is 11.4. The van der Waals surface area contributed by atoms with Crippen LogP contribution in [0.5, 0.6) is 0 Å². The van der Waals surface area contributed by atoms with E-state index >= 15 is 0 Å². The summed E-state index contributed by atoms with van der Waals surface area (Å²) in [6.07, 6.45) is 1.05. The standard InChI is InChI=1S/C13H11N3O3.C2HF3O2/c17-11(8-12(18)19)9-16-6-2-10(3-7-16)13-14-4-1-5-15-13;3-2(4,5)1(6)7/h1-7H,8-9H2;(H,6,7). The first-order valence-electron chi connectivity index (χ1n) is 6.87. The maximum Gasteiger partial charge on any atom is 0.430 e. The van der Waals surface area contributed by atoms with Crippen molar-refractivity contribution in [2.45, 2.75) is 19.1 Å². The number of carboxylic acids is 2. The minimum atomic E-state index is -5.19. The number of ketones is 1. The summed E-state index contributed by atoms with van der Waals surface area (Å²) >= 11 is 0. The molecule has 0 saturated heterocycles. The van der Waals surface area contributed by atoms with E-state index in [1.807, 2.05) is 0 Å². The molecule has 11 heteroatoms. The van der Waals surface area contributed by atoms with Crippen LogP contribution >= 0.6 is 0 Å². The van der Waals surface area contributed by atoms with Crippen LogP contribution in [-0.2, 0) is 20.9 Å². The Morgan fingerprint density at radius 1 is 1.12 bits per heavy atom. The van der Waals surface area contributed by atoms with Gasteiger partial charge in [0.15, 0.2) is 18.2 Å². The fraction of sp³-hybridized carbons (Fsp3) is 0.200. The van der Waals surface area contributed by atoms with E-state index in [0.29, 0.717) is 5.82 Å². The van der Waals surface area contributed by atoms with Gasteiger partial charge in [0.2, 0.25) is 12.3 Å². The Balaban J connectivity index is 0.000000412. The zero-order chi connectivity index (χ0) is 19.7. The number of carboxylic acid groups (broad SMARTS) is 2. The SMILES string of the molecule is O=C(O)CC(=O)C[n+]1ccc(-c2ncccn2)cc1.O=C([O-])C(F)(F)F. The number of aliphatic carboxylic acids is 2. The van der Waals surface area contributed by atoms with Crippen LogP contribution in [0.2, 0.25) is 0 Å². The van der Waals surface area contributed by atoms with Gasteiger partial charge < -0.3 is 15.0 Å². The molecule has 0 unspecified atom stereocenters. The lowest BCUT2D eigenvalue weighted by Crippen LogP contribution is -2.37. The van der Waals surface area contributed by atoms with Crippen molar-refractivity contribution < 1.29 is 42.3 Å². The van der Waals surface area contributed by atoms with Gasteiger partial charge in [-0.05, 0) is 6.07 Å². The summed E-state index contributed by atoms with van der Waals surface area (Å²) < 4.78 is 33.2. The van der Waals surface area contributed by atoms with Crippen molar-refractivity contribution in [2.75, 3.05) is 0 Å². The van der Waals surface area contributed by atoms with E-state index in [9.17, 15) is 22.8 Å². The number of nitrogens with zero attached hydrogens (tertiary/aromatic N) is 3. The molecule has 8 nitrogen and oxygen atoms in total. The van der Waals surface area contributed by atoms with Gasteiger partial charge in [-0.25, -0.2) is 9.97 Å². The van der Waals surface area contributed by atoms with Crippen LogP contribution in [0.3, 0.4) is 0 Å². The smallest absolute Gasteiger partial charge is 0.430 e. The normalized spacial score (nSPS) is 10.4. The highest BCUT2D eigenvalue weighted by atomic mass is 19.4. The first kappa shape index (κ1) is 20.7. The molecule has 2 rings (SSSR count). The number of hydrogen-bond donors (Lipinski definition) is 1. The average molecular weight is 371 g/mol. The van der Waals surface area contributed by atoms with Crippen LogP contribution in [-0.4, -0.2) is 39.0 Å². The monoisotopic (exact) mass is 371 g/mol. The highest BCUT2D eigenvalue weighted by molar-refractivity contribution is 5.93. The highest BCUT2D eigenvalue weighted by Gasteiger charge is 2.28. The van der Waals surface area contributed by atoms with Crippen LogP contribution in [0, 0.1) is 0 Å². The second-order valence-electron chi connectivity index (χ2n) is 4.73. The Labute approximate surface area is 144 Å². The topological polar surface area (TPSA) is 124 Å². The number of hydrogen-bond acceptors (Lipinski definition) is 6. The van der Waals surface area contributed by atoms with Gasteiger partial charge in [0.1, 0.15) is 12.4 Å². The maximum absolute atomic E-state index is 11.4. The number of aromatic nitrogens is 3. The third kappa shape index (κ3) is 7.47. The number of halogens is 3. The van der Waals surface area contributed by atoms with Gasteiger partial charge in [-0.1, -0.05) is 0 Å². The number of pyridine rings is 1. The Morgan fingerprint density at radius 2 is 1.62 bits per heavy atom. The summed E-state index contributed by atoms with van der Waals surface area (Å²) in [5.41, 5.74) is 0.836. The molecule has 0 atom stereocenters. The van der Waals surface area contributed by atoms with E-state index in [2.05, 4.69) is 9.97 Å². The third-order valence-corrected chi connectivity index (χ3v) is 2.65. The lowest BCUT2D eigenvalue weighted by molar-refractivity contribution is -0.684. The van der Waals surface area contributed by atoms with E-state index in [-0.39, 0.29) is 12.3 Å². The molecule has 0 bridgehead atoms. The lowest BCUT2D eigenvalue weighted by Gasteiger charge is -2.03. The molecule has 138 valence electrons. The summed E-state index contributed by atoms with van der Waals surface area (Å²) in [6, 6.07) is 5.30. The van der Waals surface area contributed by atoms with Gasteiger partial charge in [0, 0.05) is 30.1 Å². The number of rotatable bonds is 5. The second kappa shape index (κ2) is 9.20. The van der Waals surface area contributed by atoms with Crippen LogP contribution in [0.15, 0.2) is 43.0 Å². The van der Waals surface area contributed by atoms with E-state index in [0.717, 1.165) is 5.56 Å². The molecule has 0 aliphatic carbocycles. The fourth-order valence-corrected chi connectivity index (χ4v) is 1.59. The first-order valence-corrected chi connectivity index (χ1v) is 6.87. The molecule has 0 fully saturated rings. The number of Topliss-reactive ketones (excluding diaryl/α,β-unsaturated/α-hetero) is 1. The van der Waals surface area contributed by atoms with Gasteiger partial charge in [-0.2, -0.15) is 17.7 Å². The summed E-state index contributed by atoms with van der Waals surface area (Å²) in [5.74, 6) is -3.86. The van der Waals surface area contributed by atoms with Crippen LogP contribution in [0.1, 0.15) is 6.42 Å². The largest absolute Gasteiger partial charge is 0.542 e. The van der Waals surface area contributed by atoms with Crippen LogP contribution in [0.4, 0.5) is 13.2 Å². The minimum absolute atomic E-state index is 0.0439. The van der Waals surface area contributed by atoms with Crippen molar-refractivity contribution in [3.8, 4) is 11.4 Å². The van der Waals surface area contributed by atoms with E-state index < -0.39 is 24.5 Å². The molecule has 0 spiro atoms. The van der Waals surface area contributed by atoms with Crippen molar-refractivity contribution in [1.82, 2.24) is 9.97 Å². The summed E-state index contributed by atoms with van der Waals surface area (Å²) in [6.45, 7) is 0.0439. The molecule has 0 radical (unpaired) electrons. The number of carbonyl (C=O) groups excluding carboxylic acids is 2. The highest BCUT2D eigenvalue weighted by Crippen LogP contribution is 2.11. The van der Waals surface area contributed by atoms with Crippen molar-refractivity contribution in [2.24, 2.45) is 0 Å². The molecule has 1 N–H and O–H groups in total. The molecule has 2 aromatic rings. The molecule has 0 aromatic carbocycles. The number of carbonyl (C=O) groups is 3.